The van der Waals surface area contributed by atoms with E-state index in [1.165, 1.54) is 0 Å². The Balaban J connectivity index is 1.28. The van der Waals surface area contributed by atoms with Gasteiger partial charge in [-0.2, -0.15) is 11.8 Å². The van der Waals surface area contributed by atoms with E-state index in [2.05, 4.69) is 101 Å². The summed E-state index contributed by atoms with van der Waals surface area (Å²) in [6.07, 6.45) is 36.5. The van der Waals surface area contributed by atoms with Crippen LogP contribution in [0.5, 0.6) is 0 Å². The van der Waals surface area contributed by atoms with Gasteiger partial charge in [0.2, 0.25) is 11.8 Å². The molecule has 0 saturated carbocycles. The fourth-order valence-electron chi connectivity index (χ4n) is 5.15. The number of unbranched alkanes of at least 4 members (excludes halogenated alkanes) is 1. The predicted octanol–water partition coefficient (Wildman–Crippen LogP) is 6.46. The lowest BCUT2D eigenvalue weighted by Crippen LogP contribution is -2.36. The number of amides is 4. The molecule has 2 aliphatic rings. The lowest BCUT2D eigenvalue weighted by Gasteiger charge is -2.16. The van der Waals surface area contributed by atoms with Gasteiger partial charge in [0.05, 0.1) is 38.5 Å². The first-order valence-corrected chi connectivity index (χ1v) is 18.9. The maximum atomic E-state index is 12.0. The van der Waals surface area contributed by atoms with Gasteiger partial charge in [-0.3, -0.25) is 9.59 Å². The number of carbonyl (C=O) groups excluding carboxylic acids is 3. The Hall–Kier alpha value is -3.08. The molecule has 0 aliphatic carbocycles. The van der Waals surface area contributed by atoms with Crippen LogP contribution in [0.15, 0.2) is 72.9 Å². The van der Waals surface area contributed by atoms with Gasteiger partial charge in [0.1, 0.15) is 0 Å². The smallest absolute Gasteiger partial charge is 0.315 e. The average molecular weight is 685 g/mol. The van der Waals surface area contributed by atoms with Crippen LogP contribution in [0.1, 0.15) is 84.0 Å². The van der Waals surface area contributed by atoms with E-state index in [0.29, 0.717) is 57.6 Å². The molecule has 2 aliphatic heterocycles. The van der Waals surface area contributed by atoms with Crippen molar-refractivity contribution in [3.63, 3.8) is 0 Å². The molecule has 0 aromatic carbocycles. The van der Waals surface area contributed by atoms with E-state index >= 15 is 0 Å². The highest BCUT2D eigenvalue weighted by Gasteiger charge is 2.42. The number of carbonyl (C=O) groups is 3. The molecule has 4 N–H and O–H groups in total. The standard InChI is InChI=1S/C38H60N4O5S/c1-2-3-4-5-6-7-8-9-10-11-12-13-14-15-16-17-18-19-20-24-35(43)39-26-28-46-30-31-47-29-27-40-36(44)25-22-21-23-34-37-33(32-48-34)41-38(45)42-37/h3-4,6-7,9-10,12-13,15-16,18-19,33-34,37H,2,5,8,11,14,17,20-32H2,1H3,(H,39,43)(H,40,44)(H2,41,42,45)/b4-3-,7-6-,10-9-,13-12-,16-15-,19-18-/t33-,34-,37-/m0/s1. The van der Waals surface area contributed by atoms with E-state index in [1.54, 1.807) is 0 Å². The molecule has 0 radical (unpaired) electrons. The molecule has 9 nitrogen and oxygen atoms in total. The van der Waals surface area contributed by atoms with Crippen molar-refractivity contribution >= 4 is 29.6 Å². The van der Waals surface area contributed by atoms with Gasteiger partial charge in [0.15, 0.2) is 0 Å². The first-order valence-electron chi connectivity index (χ1n) is 17.9. The van der Waals surface area contributed by atoms with Crippen LogP contribution in [0.4, 0.5) is 4.79 Å². The fraction of sp³-hybridized carbons (Fsp3) is 0.605. The topological polar surface area (TPSA) is 118 Å². The summed E-state index contributed by atoms with van der Waals surface area (Å²) in [5.41, 5.74) is 0. The van der Waals surface area contributed by atoms with Crippen molar-refractivity contribution in [2.75, 3.05) is 45.3 Å². The van der Waals surface area contributed by atoms with Gasteiger partial charge in [-0.05, 0) is 57.8 Å². The van der Waals surface area contributed by atoms with Crippen LogP contribution < -0.4 is 21.3 Å². The van der Waals surface area contributed by atoms with Crippen molar-refractivity contribution in [1.82, 2.24) is 21.3 Å². The Labute approximate surface area is 293 Å². The molecular formula is C38H60N4O5S. The molecule has 2 fully saturated rings. The third kappa shape index (κ3) is 21.7. The summed E-state index contributed by atoms with van der Waals surface area (Å²) >= 11 is 1.90. The van der Waals surface area contributed by atoms with E-state index in [9.17, 15) is 14.4 Å². The molecule has 2 heterocycles. The lowest BCUT2D eigenvalue weighted by molar-refractivity contribution is -0.122. The first-order chi connectivity index (χ1) is 23.6. The number of fused-ring (bicyclic) bond motifs is 1. The van der Waals surface area contributed by atoms with Gasteiger partial charge in [-0.25, -0.2) is 4.79 Å². The molecule has 0 aromatic heterocycles. The van der Waals surface area contributed by atoms with Crippen LogP contribution in [0, 0.1) is 0 Å². The number of ether oxygens (including phenoxy) is 2. The third-order valence-electron chi connectivity index (χ3n) is 7.72. The molecule has 2 rings (SSSR count). The quantitative estimate of drug-likeness (QED) is 0.0427. The summed E-state index contributed by atoms with van der Waals surface area (Å²) in [6.45, 7) is 4.87. The summed E-state index contributed by atoms with van der Waals surface area (Å²) < 4.78 is 11.0. The highest BCUT2D eigenvalue weighted by molar-refractivity contribution is 8.00. The van der Waals surface area contributed by atoms with Crippen LogP contribution in [-0.2, 0) is 19.1 Å². The summed E-state index contributed by atoms with van der Waals surface area (Å²) in [4.78, 5) is 35.5. The molecule has 0 unspecified atom stereocenters. The highest BCUT2D eigenvalue weighted by Crippen LogP contribution is 2.33. The molecular weight excluding hydrogens is 625 g/mol. The number of nitrogens with one attached hydrogen (secondary N) is 4. The van der Waals surface area contributed by atoms with Gasteiger partial charge < -0.3 is 30.7 Å². The second-order valence-corrected chi connectivity index (χ2v) is 13.0. The normalized spacial score (nSPS) is 19.4. The van der Waals surface area contributed by atoms with Gasteiger partial charge in [-0.15, -0.1) is 0 Å². The predicted molar refractivity (Wildman–Crippen MR) is 199 cm³/mol. The zero-order valence-electron chi connectivity index (χ0n) is 29.0. The van der Waals surface area contributed by atoms with Gasteiger partial charge >= 0.3 is 6.03 Å². The highest BCUT2D eigenvalue weighted by atomic mass is 32.2. The number of thioether (sulfide) groups is 1. The van der Waals surface area contributed by atoms with Crippen molar-refractivity contribution in [1.29, 1.82) is 0 Å². The number of allylic oxidation sites excluding steroid dienone is 12. The van der Waals surface area contributed by atoms with E-state index in [0.717, 1.165) is 70.0 Å². The van der Waals surface area contributed by atoms with Crippen LogP contribution in [-0.4, -0.2) is 80.4 Å². The molecule has 0 aromatic rings. The van der Waals surface area contributed by atoms with E-state index in [4.69, 9.17) is 9.47 Å². The second-order valence-electron chi connectivity index (χ2n) is 11.7. The van der Waals surface area contributed by atoms with Crippen molar-refractivity contribution < 1.29 is 23.9 Å². The van der Waals surface area contributed by atoms with Crippen molar-refractivity contribution in [2.24, 2.45) is 0 Å². The fourth-order valence-corrected chi connectivity index (χ4v) is 6.70. The SMILES string of the molecule is CC/C=C\C/C=C\C/C=C\C/C=C\C/C=C\C/C=C\CCC(=O)NCCOCCOCCNC(=O)CCCC[C@@H]1SC[C@@H]2NC(=O)N[C@@H]21. The summed E-state index contributed by atoms with van der Waals surface area (Å²) in [7, 11) is 0. The van der Waals surface area contributed by atoms with Gasteiger partial charge in [-0.1, -0.05) is 86.3 Å². The molecule has 0 bridgehead atoms. The molecule has 10 heteroatoms. The monoisotopic (exact) mass is 684 g/mol. The molecule has 0 spiro atoms. The molecule has 4 amide bonds. The van der Waals surface area contributed by atoms with Crippen molar-refractivity contribution in [3.8, 4) is 0 Å². The Morgan fingerprint density at radius 1 is 0.708 bits per heavy atom. The molecule has 48 heavy (non-hydrogen) atoms. The van der Waals surface area contributed by atoms with Crippen LogP contribution >= 0.6 is 11.8 Å². The Morgan fingerprint density at radius 3 is 1.79 bits per heavy atom. The van der Waals surface area contributed by atoms with Gasteiger partial charge in [0, 0.05) is 36.9 Å². The summed E-state index contributed by atoms with van der Waals surface area (Å²) in [5.74, 6) is 1.03. The minimum Gasteiger partial charge on any atom is -0.377 e. The maximum Gasteiger partial charge on any atom is 0.315 e. The zero-order chi connectivity index (χ0) is 34.3. The van der Waals surface area contributed by atoms with E-state index in [-0.39, 0.29) is 29.9 Å². The minimum absolute atomic E-state index is 0.0239. The van der Waals surface area contributed by atoms with Gasteiger partial charge in [0.25, 0.3) is 0 Å². The largest absolute Gasteiger partial charge is 0.377 e. The third-order valence-corrected chi connectivity index (χ3v) is 9.23. The number of urea groups is 1. The van der Waals surface area contributed by atoms with Crippen LogP contribution in [0.2, 0.25) is 0 Å². The average Bonchev–Trinajstić information content (AvgIpc) is 3.64. The Bertz CT molecular complexity index is 1070. The molecule has 268 valence electrons. The Morgan fingerprint density at radius 2 is 1.23 bits per heavy atom. The first kappa shape index (κ1) is 41.1. The Kier molecular flexibility index (Phi) is 24.7. The number of hydrogen-bond donors (Lipinski definition) is 4. The van der Waals surface area contributed by atoms with Crippen molar-refractivity contribution in [3.05, 3.63) is 72.9 Å². The van der Waals surface area contributed by atoms with Crippen molar-refractivity contribution in [2.45, 2.75) is 101 Å². The number of rotatable bonds is 28. The summed E-state index contributed by atoms with van der Waals surface area (Å²) in [5, 5.41) is 12.2. The molecule has 3 atom stereocenters. The number of hydrogen-bond acceptors (Lipinski definition) is 6. The lowest BCUT2D eigenvalue weighted by atomic mass is 10.0. The summed E-state index contributed by atoms with van der Waals surface area (Å²) in [6, 6.07) is 0.411. The van der Waals surface area contributed by atoms with E-state index in [1.807, 2.05) is 11.8 Å². The van der Waals surface area contributed by atoms with Crippen LogP contribution in [0.3, 0.4) is 0 Å². The van der Waals surface area contributed by atoms with Crippen LogP contribution in [0.25, 0.3) is 0 Å². The molecule has 2 saturated heterocycles. The van der Waals surface area contributed by atoms with E-state index < -0.39 is 0 Å². The zero-order valence-corrected chi connectivity index (χ0v) is 29.9. The second kappa shape index (κ2) is 28.9. The maximum absolute atomic E-state index is 12.0. The minimum atomic E-state index is -0.0592.